The van der Waals surface area contributed by atoms with Crippen LogP contribution in [0.5, 0.6) is 0 Å². The number of carbonyl (C=O) groups is 1. The van der Waals surface area contributed by atoms with Crippen molar-refractivity contribution in [1.82, 2.24) is 4.73 Å². The third-order valence-electron chi connectivity index (χ3n) is 4.92. The topological polar surface area (TPSA) is 31.2 Å². The Labute approximate surface area is 147 Å². The zero-order valence-corrected chi connectivity index (χ0v) is 14.3. The smallest absolute Gasteiger partial charge is 0.331 e. The highest BCUT2D eigenvalue weighted by molar-refractivity contribution is 5.89. The molecule has 25 heavy (non-hydrogen) atoms. The average Bonchev–Trinajstić information content (AvgIpc) is 3.03. The summed E-state index contributed by atoms with van der Waals surface area (Å²) in [5, 5.41) is 0. The Balaban J connectivity index is 1.78. The van der Waals surface area contributed by atoms with Crippen LogP contribution in [0.15, 0.2) is 66.7 Å². The molecule has 0 aliphatic heterocycles. The van der Waals surface area contributed by atoms with E-state index in [1.54, 1.807) is 16.9 Å². The van der Waals surface area contributed by atoms with Gasteiger partial charge in [-0.3, -0.25) is 0 Å². The lowest BCUT2D eigenvalue weighted by Gasteiger charge is -2.20. The molecule has 4 rings (SSSR count). The molecular formula is C22H21NO2. The standard InChI is InChI=1S/C22H21NO2/c1-16-9-8-14-20-19(16)15-21(17-10-4-2-5-11-17)23(20)25-22(24)18-12-6-3-7-13-18/h2-7,10-13,15-16H,8-9,14H2,1H3. The molecule has 0 N–H and O–H groups in total. The summed E-state index contributed by atoms with van der Waals surface area (Å²) in [6, 6.07) is 21.5. The zero-order valence-electron chi connectivity index (χ0n) is 14.3. The van der Waals surface area contributed by atoms with E-state index in [0.29, 0.717) is 11.5 Å². The molecule has 3 nitrogen and oxygen atoms in total. The lowest BCUT2D eigenvalue weighted by atomic mass is 9.88. The van der Waals surface area contributed by atoms with E-state index in [2.05, 4.69) is 25.1 Å². The summed E-state index contributed by atoms with van der Waals surface area (Å²) in [6.07, 6.45) is 3.24. The van der Waals surface area contributed by atoms with Gasteiger partial charge in [0.1, 0.15) is 0 Å². The fourth-order valence-corrected chi connectivity index (χ4v) is 3.58. The second-order valence-electron chi connectivity index (χ2n) is 6.63. The molecule has 0 fully saturated rings. The first kappa shape index (κ1) is 15.7. The van der Waals surface area contributed by atoms with Gasteiger partial charge in [-0.1, -0.05) is 55.5 Å². The van der Waals surface area contributed by atoms with Crippen LogP contribution in [0.2, 0.25) is 0 Å². The van der Waals surface area contributed by atoms with Gasteiger partial charge in [0.05, 0.1) is 17.0 Å². The number of fused-ring (bicyclic) bond motifs is 1. The van der Waals surface area contributed by atoms with Crippen LogP contribution in [0.3, 0.4) is 0 Å². The van der Waals surface area contributed by atoms with Crippen LogP contribution in [0.25, 0.3) is 11.3 Å². The summed E-state index contributed by atoms with van der Waals surface area (Å²) in [7, 11) is 0. The van der Waals surface area contributed by atoms with Crippen molar-refractivity contribution in [2.75, 3.05) is 0 Å². The molecule has 1 aliphatic rings. The van der Waals surface area contributed by atoms with Gasteiger partial charge in [0.15, 0.2) is 0 Å². The van der Waals surface area contributed by atoms with Crippen LogP contribution in [0, 0.1) is 0 Å². The summed E-state index contributed by atoms with van der Waals surface area (Å²) in [4.78, 5) is 18.5. The molecule has 0 amide bonds. The van der Waals surface area contributed by atoms with Crippen molar-refractivity contribution >= 4 is 5.97 Å². The van der Waals surface area contributed by atoms with Crippen LogP contribution in [0.1, 0.15) is 47.3 Å². The van der Waals surface area contributed by atoms with Gasteiger partial charge in [0.2, 0.25) is 0 Å². The van der Waals surface area contributed by atoms with Gasteiger partial charge in [-0.15, -0.1) is 0 Å². The van der Waals surface area contributed by atoms with Gasteiger partial charge in [-0.05, 0) is 48.9 Å². The maximum atomic E-state index is 12.6. The fraction of sp³-hybridized carbons (Fsp3) is 0.227. The highest BCUT2D eigenvalue weighted by Crippen LogP contribution is 2.36. The predicted octanol–water partition coefficient (Wildman–Crippen LogP) is 4.86. The minimum atomic E-state index is -0.325. The summed E-state index contributed by atoms with van der Waals surface area (Å²) < 4.78 is 1.76. The molecule has 0 radical (unpaired) electrons. The Morgan fingerprint density at radius 1 is 1.04 bits per heavy atom. The highest BCUT2D eigenvalue weighted by Gasteiger charge is 2.26. The largest absolute Gasteiger partial charge is 0.363 e. The number of nitrogens with zero attached hydrogens (tertiary/aromatic N) is 1. The Morgan fingerprint density at radius 3 is 2.44 bits per heavy atom. The van der Waals surface area contributed by atoms with Crippen LogP contribution < -0.4 is 4.84 Å². The molecule has 126 valence electrons. The van der Waals surface area contributed by atoms with Crippen molar-refractivity contribution in [1.29, 1.82) is 0 Å². The van der Waals surface area contributed by atoms with E-state index in [4.69, 9.17) is 4.84 Å². The molecule has 0 saturated heterocycles. The Kier molecular flexibility index (Phi) is 4.14. The van der Waals surface area contributed by atoms with E-state index in [-0.39, 0.29) is 5.97 Å². The number of rotatable bonds is 3. The maximum Gasteiger partial charge on any atom is 0.363 e. The minimum Gasteiger partial charge on any atom is -0.331 e. The second kappa shape index (κ2) is 6.60. The van der Waals surface area contributed by atoms with Gasteiger partial charge in [0.25, 0.3) is 0 Å². The third kappa shape index (κ3) is 2.98. The van der Waals surface area contributed by atoms with E-state index in [1.807, 2.05) is 36.4 Å². The second-order valence-corrected chi connectivity index (χ2v) is 6.63. The van der Waals surface area contributed by atoms with Crippen LogP contribution in [0.4, 0.5) is 0 Å². The molecule has 2 aromatic carbocycles. The minimum absolute atomic E-state index is 0.325. The molecule has 1 atom stereocenters. The summed E-state index contributed by atoms with van der Waals surface area (Å²) in [6.45, 7) is 2.25. The first-order valence-electron chi connectivity index (χ1n) is 8.81. The Hall–Kier alpha value is -2.81. The Morgan fingerprint density at radius 2 is 1.72 bits per heavy atom. The van der Waals surface area contributed by atoms with Gasteiger partial charge in [0, 0.05) is 5.56 Å². The molecule has 1 heterocycles. The first-order valence-corrected chi connectivity index (χ1v) is 8.81. The molecule has 1 unspecified atom stereocenters. The normalized spacial score (nSPS) is 16.3. The van der Waals surface area contributed by atoms with Gasteiger partial charge >= 0.3 is 5.97 Å². The summed E-state index contributed by atoms with van der Waals surface area (Å²) >= 11 is 0. The van der Waals surface area contributed by atoms with Crippen molar-refractivity contribution in [3.63, 3.8) is 0 Å². The van der Waals surface area contributed by atoms with E-state index >= 15 is 0 Å². The fourth-order valence-electron chi connectivity index (χ4n) is 3.58. The predicted molar refractivity (Wildman–Crippen MR) is 98.6 cm³/mol. The van der Waals surface area contributed by atoms with E-state index < -0.39 is 0 Å². The van der Waals surface area contributed by atoms with E-state index in [9.17, 15) is 4.79 Å². The van der Waals surface area contributed by atoms with Crippen molar-refractivity contribution < 1.29 is 9.63 Å². The van der Waals surface area contributed by atoms with Crippen LogP contribution in [-0.4, -0.2) is 10.7 Å². The SMILES string of the molecule is CC1CCCc2c1cc(-c1ccccc1)n2OC(=O)c1ccccc1. The monoisotopic (exact) mass is 331 g/mol. The van der Waals surface area contributed by atoms with E-state index in [0.717, 1.165) is 29.8 Å². The molecule has 0 bridgehead atoms. The molecule has 0 saturated carbocycles. The number of carbonyl (C=O) groups excluding carboxylic acids is 1. The number of benzene rings is 2. The van der Waals surface area contributed by atoms with Gasteiger partial charge < -0.3 is 4.84 Å². The lowest BCUT2D eigenvalue weighted by molar-refractivity contribution is 0.0454. The van der Waals surface area contributed by atoms with Crippen molar-refractivity contribution in [3.05, 3.63) is 83.6 Å². The summed E-state index contributed by atoms with van der Waals surface area (Å²) in [5.74, 6) is 0.164. The quantitative estimate of drug-likeness (QED) is 0.686. The summed E-state index contributed by atoms with van der Waals surface area (Å²) in [5.41, 5.74) is 4.99. The van der Waals surface area contributed by atoms with Gasteiger partial charge in [-0.25, -0.2) is 4.79 Å². The number of hydrogen-bond acceptors (Lipinski definition) is 2. The highest BCUT2D eigenvalue weighted by atomic mass is 16.7. The Bertz CT molecular complexity index is 881. The first-order chi connectivity index (χ1) is 12.2. The number of hydrogen-bond donors (Lipinski definition) is 0. The van der Waals surface area contributed by atoms with Gasteiger partial charge in [-0.2, -0.15) is 4.73 Å². The molecule has 1 aliphatic carbocycles. The lowest BCUT2D eigenvalue weighted by Crippen LogP contribution is -2.24. The zero-order chi connectivity index (χ0) is 17.2. The van der Waals surface area contributed by atoms with Crippen molar-refractivity contribution in [2.45, 2.75) is 32.1 Å². The molecule has 1 aromatic heterocycles. The van der Waals surface area contributed by atoms with Crippen molar-refractivity contribution in [2.24, 2.45) is 0 Å². The molecule has 3 aromatic rings. The van der Waals surface area contributed by atoms with Crippen LogP contribution >= 0.6 is 0 Å². The third-order valence-corrected chi connectivity index (χ3v) is 4.92. The van der Waals surface area contributed by atoms with E-state index in [1.165, 1.54) is 12.0 Å². The maximum absolute atomic E-state index is 12.6. The number of aromatic nitrogens is 1. The van der Waals surface area contributed by atoms with Crippen LogP contribution in [-0.2, 0) is 6.42 Å². The molecular weight excluding hydrogens is 310 g/mol. The average molecular weight is 331 g/mol. The van der Waals surface area contributed by atoms with Crippen molar-refractivity contribution in [3.8, 4) is 11.3 Å². The molecule has 0 spiro atoms. The molecule has 3 heteroatoms.